The van der Waals surface area contributed by atoms with Crippen LogP contribution in [0.5, 0.6) is 0 Å². The molecular formula is C5H13NO2. The molecule has 0 aliphatic carbocycles. The van der Waals surface area contributed by atoms with Gasteiger partial charge in [0.25, 0.3) is 0 Å². The van der Waals surface area contributed by atoms with E-state index in [0.29, 0.717) is 6.54 Å². The van der Waals surface area contributed by atoms with Gasteiger partial charge in [-0.15, -0.1) is 0 Å². The number of aliphatic hydroxyl groups excluding tert-OH is 1. The summed E-state index contributed by atoms with van der Waals surface area (Å²) in [6.45, 7) is 0.782. The number of ether oxygens (including phenoxy) is 1. The lowest BCUT2D eigenvalue weighted by molar-refractivity contribution is 0.0506. The Morgan fingerprint density at radius 2 is 2.38 bits per heavy atom. The van der Waals surface area contributed by atoms with Crippen molar-refractivity contribution in [2.75, 3.05) is 27.3 Å². The first-order valence-electron chi connectivity index (χ1n) is 2.63. The summed E-state index contributed by atoms with van der Waals surface area (Å²) in [6.07, 6.45) is -0.0556. The molecule has 0 fully saturated rings. The van der Waals surface area contributed by atoms with Gasteiger partial charge in [-0.1, -0.05) is 0 Å². The van der Waals surface area contributed by atoms with Crippen LogP contribution in [0.15, 0.2) is 0 Å². The van der Waals surface area contributed by atoms with Gasteiger partial charge in [0.15, 0.2) is 0 Å². The van der Waals surface area contributed by atoms with Crippen LogP contribution >= 0.6 is 0 Å². The first-order chi connectivity index (χ1) is 3.85. The number of methoxy groups -OCH3 is 1. The predicted octanol–water partition coefficient (Wildman–Crippen LogP) is -0.787. The summed E-state index contributed by atoms with van der Waals surface area (Å²) in [6, 6.07) is 0. The number of nitrogens with one attached hydrogen (secondary N) is 1. The van der Waals surface area contributed by atoms with Crippen molar-refractivity contribution in [1.82, 2.24) is 5.32 Å². The summed E-state index contributed by atoms with van der Waals surface area (Å²) in [5.74, 6) is 0. The van der Waals surface area contributed by atoms with Gasteiger partial charge < -0.3 is 15.2 Å². The molecule has 0 aromatic carbocycles. The van der Waals surface area contributed by atoms with Crippen LogP contribution in [-0.2, 0) is 4.74 Å². The SMILES string of the molecule is CNCC(CO)OC. The molecule has 1 unspecified atom stereocenters. The van der Waals surface area contributed by atoms with E-state index >= 15 is 0 Å². The molecule has 0 aliphatic rings. The van der Waals surface area contributed by atoms with Crippen LogP contribution < -0.4 is 5.32 Å². The topological polar surface area (TPSA) is 41.5 Å². The first kappa shape index (κ1) is 7.88. The fourth-order valence-electron chi connectivity index (χ4n) is 0.450. The standard InChI is InChI=1S/C5H13NO2/c1-6-3-5(4-7)8-2/h5-7H,3-4H2,1-2H3. The van der Waals surface area contributed by atoms with Crippen molar-refractivity contribution < 1.29 is 9.84 Å². The Morgan fingerprint density at radius 3 is 2.50 bits per heavy atom. The Morgan fingerprint density at radius 1 is 1.75 bits per heavy atom. The minimum absolute atomic E-state index is 0.0556. The summed E-state index contributed by atoms with van der Waals surface area (Å²) in [5, 5.41) is 11.4. The lowest BCUT2D eigenvalue weighted by Gasteiger charge is -2.09. The molecular weight excluding hydrogens is 106 g/mol. The van der Waals surface area contributed by atoms with Gasteiger partial charge in [0.05, 0.1) is 12.7 Å². The molecule has 3 nitrogen and oxygen atoms in total. The summed E-state index contributed by atoms with van der Waals surface area (Å²) < 4.78 is 4.83. The smallest absolute Gasteiger partial charge is 0.0925 e. The molecule has 0 aromatic heterocycles. The molecule has 0 aromatic rings. The molecule has 0 spiro atoms. The highest BCUT2D eigenvalue weighted by atomic mass is 16.5. The van der Waals surface area contributed by atoms with Crippen molar-refractivity contribution >= 4 is 0 Å². The second-order valence-corrected chi connectivity index (χ2v) is 1.60. The molecule has 0 amide bonds. The Hall–Kier alpha value is -0.120. The molecule has 0 saturated carbocycles. The maximum absolute atomic E-state index is 8.49. The second kappa shape index (κ2) is 5.03. The zero-order chi connectivity index (χ0) is 6.41. The summed E-state index contributed by atoms with van der Waals surface area (Å²) in [4.78, 5) is 0. The van der Waals surface area contributed by atoms with Crippen molar-refractivity contribution in [2.24, 2.45) is 0 Å². The summed E-state index contributed by atoms with van der Waals surface area (Å²) >= 11 is 0. The zero-order valence-electron chi connectivity index (χ0n) is 5.35. The Balaban J connectivity index is 3.07. The molecule has 0 aliphatic heterocycles. The van der Waals surface area contributed by atoms with Gasteiger partial charge in [-0.3, -0.25) is 0 Å². The molecule has 2 N–H and O–H groups in total. The Kier molecular flexibility index (Phi) is 4.95. The summed E-state index contributed by atoms with van der Waals surface area (Å²) in [5.41, 5.74) is 0. The average Bonchev–Trinajstić information content (AvgIpc) is 1.83. The Labute approximate surface area is 49.7 Å². The van der Waals surface area contributed by atoms with Crippen molar-refractivity contribution in [3.05, 3.63) is 0 Å². The van der Waals surface area contributed by atoms with Crippen LogP contribution in [-0.4, -0.2) is 38.5 Å². The van der Waals surface area contributed by atoms with Gasteiger partial charge in [0.2, 0.25) is 0 Å². The van der Waals surface area contributed by atoms with Crippen LogP contribution in [0, 0.1) is 0 Å². The number of likely N-dealkylation sites (N-methyl/N-ethyl adjacent to an activating group) is 1. The van der Waals surface area contributed by atoms with E-state index in [0.717, 1.165) is 0 Å². The molecule has 3 heteroatoms. The second-order valence-electron chi connectivity index (χ2n) is 1.60. The van der Waals surface area contributed by atoms with E-state index in [4.69, 9.17) is 9.84 Å². The van der Waals surface area contributed by atoms with Crippen LogP contribution in [0.1, 0.15) is 0 Å². The van der Waals surface area contributed by atoms with Crippen molar-refractivity contribution in [3.8, 4) is 0 Å². The minimum atomic E-state index is -0.0556. The normalized spacial score (nSPS) is 13.9. The largest absolute Gasteiger partial charge is 0.394 e. The molecule has 0 bridgehead atoms. The average molecular weight is 119 g/mol. The number of hydrogen-bond acceptors (Lipinski definition) is 3. The first-order valence-corrected chi connectivity index (χ1v) is 2.63. The van der Waals surface area contributed by atoms with Gasteiger partial charge >= 0.3 is 0 Å². The van der Waals surface area contributed by atoms with E-state index in [1.807, 2.05) is 7.05 Å². The molecule has 0 saturated heterocycles. The zero-order valence-corrected chi connectivity index (χ0v) is 5.35. The van der Waals surface area contributed by atoms with Crippen molar-refractivity contribution in [2.45, 2.75) is 6.10 Å². The van der Waals surface area contributed by atoms with Gasteiger partial charge in [-0.25, -0.2) is 0 Å². The Bertz CT molecular complexity index is 45.7. The molecule has 0 heterocycles. The molecule has 8 heavy (non-hydrogen) atoms. The molecule has 0 radical (unpaired) electrons. The molecule has 1 atom stereocenters. The highest BCUT2D eigenvalue weighted by Gasteiger charge is 2.00. The van der Waals surface area contributed by atoms with Crippen LogP contribution in [0.2, 0.25) is 0 Å². The minimum Gasteiger partial charge on any atom is -0.394 e. The lowest BCUT2D eigenvalue weighted by Crippen LogP contribution is -2.28. The molecule has 0 rings (SSSR count). The summed E-state index contributed by atoms with van der Waals surface area (Å²) in [7, 11) is 3.40. The number of aliphatic hydroxyl groups is 1. The van der Waals surface area contributed by atoms with Crippen molar-refractivity contribution in [3.63, 3.8) is 0 Å². The van der Waals surface area contributed by atoms with Crippen molar-refractivity contribution in [1.29, 1.82) is 0 Å². The monoisotopic (exact) mass is 119 g/mol. The quantitative estimate of drug-likeness (QED) is 0.509. The third kappa shape index (κ3) is 2.96. The lowest BCUT2D eigenvalue weighted by atomic mass is 10.4. The van der Waals surface area contributed by atoms with Crippen LogP contribution in [0.25, 0.3) is 0 Å². The number of rotatable bonds is 4. The van der Waals surface area contributed by atoms with E-state index in [1.165, 1.54) is 0 Å². The predicted molar refractivity (Wildman–Crippen MR) is 31.8 cm³/mol. The van der Waals surface area contributed by atoms with E-state index in [2.05, 4.69) is 5.32 Å². The maximum atomic E-state index is 8.49. The fourth-order valence-corrected chi connectivity index (χ4v) is 0.450. The van der Waals surface area contributed by atoms with Gasteiger partial charge in [0, 0.05) is 13.7 Å². The number of hydrogen-bond donors (Lipinski definition) is 2. The van der Waals surface area contributed by atoms with Crippen LogP contribution in [0.4, 0.5) is 0 Å². The van der Waals surface area contributed by atoms with E-state index in [-0.39, 0.29) is 12.7 Å². The highest BCUT2D eigenvalue weighted by Crippen LogP contribution is 1.82. The maximum Gasteiger partial charge on any atom is 0.0925 e. The fraction of sp³-hybridized carbons (Fsp3) is 1.00. The highest BCUT2D eigenvalue weighted by molar-refractivity contribution is 4.55. The molecule has 50 valence electrons. The third-order valence-electron chi connectivity index (χ3n) is 0.969. The van der Waals surface area contributed by atoms with E-state index in [9.17, 15) is 0 Å². The van der Waals surface area contributed by atoms with Gasteiger partial charge in [0.1, 0.15) is 0 Å². The van der Waals surface area contributed by atoms with Gasteiger partial charge in [-0.05, 0) is 7.05 Å². The van der Waals surface area contributed by atoms with Crippen LogP contribution in [0.3, 0.4) is 0 Å². The van der Waals surface area contributed by atoms with E-state index < -0.39 is 0 Å². The van der Waals surface area contributed by atoms with Gasteiger partial charge in [-0.2, -0.15) is 0 Å². The third-order valence-corrected chi connectivity index (χ3v) is 0.969. The van der Waals surface area contributed by atoms with E-state index in [1.54, 1.807) is 7.11 Å².